The molecule has 1 aromatic heterocycles. The molecule has 0 bridgehead atoms. The molecule has 0 radical (unpaired) electrons. The zero-order chi connectivity index (χ0) is 15.0. The molecule has 1 aliphatic carbocycles. The summed E-state index contributed by atoms with van der Waals surface area (Å²) >= 11 is 0. The first-order valence-electron chi connectivity index (χ1n) is 7.71. The van der Waals surface area contributed by atoms with E-state index in [-0.39, 0.29) is 17.9 Å². The largest absolute Gasteiger partial charge is 0.348 e. The van der Waals surface area contributed by atoms with Crippen LogP contribution in [-0.2, 0) is 11.3 Å². The highest BCUT2D eigenvalue weighted by atomic mass is 16.2. The number of hydrogen-bond donors (Lipinski definition) is 1. The minimum atomic E-state index is -0.0922. The number of aromatic nitrogens is 2. The molecule has 0 saturated heterocycles. The molecule has 1 unspecified atom stereocenters. The summed E-state index contributed by atoms with van der Waals surface area (Å²) in [4.78, 5) is 30.1. The Morgan fingerprint density at radius 3 is 2.67 bits per heavy atom. The van der Waals surface area contributed by atoms with Crippen LogP contribution in [0.15, 0.2) is 6.20 Å². The molecular weight excluding hydrogens is 268 g/mol. The first-order valence-corrected chi connectivity index (χ1v) is 7.71. The number of amides is 2. The summed E-state index contributed by atoms with van der Waals surface area (Å²) in [5, 5.41) is 3.06. The quantitative estimate of drug-likeness (QED) is 0.897. The topological polar surface area (TPSA) is 67.2 Å². The van der Waals surface area contributed by atoms with E-state index >= 15 is 0 Å². The molecular formula is C15H22N4O2. The maximum absolute atomic E-state index is 12.3. The van der Waals surface area contributed by atoms with E-state index in [1.807, 2.05) is 17.7 Å². The standard InChI is InChI=1S/C15H22N4O2/c1-10-14-17-13(15(21)16-12-5-3-4-6-12)9-18(14)7-8-19(10)11(2)20/h9-10,12H,3-8H2,1-2H3,(H,16,21). The van der Waals surface area contributed by atoms with Gasteiger partial charge in [-0.1, -0.05) is 12.8 Å². The Kier molecular flexibility index (Phi) is 3.69. The fraction of sp³-hybridized carbons (Fsp3) is 0.667. The summed E-state index contributed by atoms with van der Waals surface area (Å²) in [6.45, 7) is 4.90. The second-order valence-electron chi connectivity index (χ2n) is 6.02. The highest BCUT2D eigenvalue weighted by Gasteiger charge is 2.29. The number of carbonyl (C=O) groups is 2. The van der Waals surface area contributed by atoms with Crippen molar-refractivity contribution in [2.45, 2.75) is 58.2 Å². The van der Waals surface area contributed by atoms with Crippen molar-refractivity contribution >= 4 is 11.8 Å². The predicted octanol–water partition coefficient (Wildman–Crippen LogP) is 1.48. The minimum Gasteiger partial charge on any atom is -0.348 e. The maximum atomic E-state index is 12.3. The van der Waals surface area contributed by atoms with Crippen LogP contribution >= 0.6 is 0 Å². The molecule has 1 aromatic rings. The smallest absolute Gasteiger partial charge is 0.271 e. The normalized spacial score (nSPS) is 22.2. The van der Waals surface area contributed by atoms with Crippen LogP contribution in [0.1, 0.15) is 61.9 Å². The van der Waals surface area contributed by atoms with Crippen LogP contribution in [-0.4, -0.2) is 38.9 Å². The lowest BCUT2D eigenvalue weighted by molar-refractivity contribution is -0.132. The van der Waals surface area contributed by atoms with Crippen molar-refractivity contribution in [2.24, 2.45) is 0 Å². The predicted molar refractivity (Wildman–Crippen MR) is 77.8 cm³/mol. The van der Waals surface area contributed by atoms with Crippen molar-refractivity contribution < 1.29 is 9.59 Å². The number of fused-ring (bicyclic) bond motifs is 1. The molecule has 2 amide bonds. The lowest BCUT2D eigenvalue weighted by Gasteiger charge is -2.32. The average Bonchev–Trinajstić information content (AvgIpc) is 3.07. The second kappa shape index (κ2) is 5.50. The highest BCUT2D eigenvalue weighted by molar-refractivity contribution is 5.92. The van der Waals surface area contributed by atoms with Gasteiger partial charge >= 0.3 is 0 Å². The van der Waals surface area contributed by atoms with Gasteiger partial charge in [-0.05, 0) is 19.8 Å². The van der Waals surface area contributed by atoms with Gasteiger partial charge < -0.3 is 14.8 Å². The van der Waals surface area contributed by atoms with Crippen LogP contribution in [0, 0.1) is 0 Å². The van der Waals surface area contributed by atoms with Crippen LogP contribution in [0.25, 0.3) is 0 Å². The Morgan fingerprint density at radius 1 is 1.29 bits per heavy atom. The molecule has 1 saturated carbocycles. The summed E-state index contributed by atoms with van der Waals surface area (Å²) in [6, 6.07) is 0.214. The Hall–Kier alpha value is -1.85. The Balaban J connectivity index is 1.76. The van der Waals surface area contributed by atoms with Gasteiger partial charge in [-0.25, -0.2) is 4.98 Å². The SMILES string of the molecule is CC(=O)N1CCn2cc(C(=O)NC3CCCC3)nc2C1C. The summed E-state index contributed by atoms with van der Waals surface area (Å²) < 4.78 is 1.99. The molecule has 1 N–H and O–H groups in total. The van der Waals surface area contributed by atoms with Gasteiger partial charge in [0.1, 0.15) is 11.5 Å². The van der Waals surface area contributed by atoms with Crippen LogP contribution in [0.5, 0.6) is 0 Å². The van der Waals surface area contributed by atoms with E-state index in [4.69, 9.17) is 0 Å². The monoisotopic (exact) mass is 290 g/mol. The molecule has 0 aromatic carbocycles. The molecule has 21 heavy (non-hydrogen) atoms. The molecule has 0 spiro atoms. The van der Waals surface area contributed by atoms with E-state index in [1.54, 1.807) is 11.8 Å². The van der Waals surface area contributed by atoms with E-state index in [0.29, 0.717) is 24.8 Å². The maximum Gasteiger partial charge on any atom is 0.271 e. The summed E-state index contributed by atoms with van der Waals surface area (Å²) in [5.74, 6) is 0.757. The van der Waals surface area contributed by atoms with Crippen molar-refractivity contribution in [1.82, 2.24) is 19.8 Å². The van der Waals surface area contributed by atoms with Gasteiger partial charge in [-0.3, -0.25) is 9.59 Å². The Bertz CT molecular complexity index is 560. The van der Waals surface area contributed by atoms with E-state index in [2.05, 4.69) is 10.3 Å². The van der Waals surface area contributed by atoms with Gasteiger partial charge in [-0.15, -0.1) is 0 Å². The van der Waals surface area contributed by atoms with Crippen LogP contribution in [0.4, 0.5) is 0 Å². The van der Waals surface area contributed by atoms with E-state index in [0.717, 1.165) is 18.7 Å². The number of imidazole rings is 1. The average molecular weight is 290 g/mol. The highest BCUT2D eigenvalue weighted by Crippen LogP contribution is 2.25. The van der Waals surface area contributed by atoms with Gasteiger partial charge in [0, 0.05) is 32.3 Å². The first kappa shape index (κ1) is 14.1. The van der Waals surface area contributed by atoms with E-state index in [9.17, 15) is 9.59 Å². The second-order valence-corrected chi connectivity index (χ2v) is 6.02. The van der Waals surface area contributed by atoms with E-state index in [1.165, 1.54) is 12.8 Å². The van der Waals surface area contributed by atoms with Crippen molar-refractivity contribution in [2.75, 3.05) is 6.54 Å². The first-order chi connectivity index (χ1) is 10.1. The van der Waals surface area contributed by atoms with Gasteiger partial charge in [0.2, 0.25) is 5.91 Å². The molecule has 6 heteroatoms. The summed E-state index contributed by atoms with van der Waals surface area (Å²) in [6.07, 6.45) is 6.32. The zero-order valence-electron chi connectivity index (χ0n) is 12.6. The van der Waals surface area contributed by atoms with Crippen molar-refractivity contribution in [1.29, 1.82) is 0 Å². The molecule has 1 aliphatic heterocycles. The van der Waals surface area contributed by atoms with Gasteiger partial charge in [0.15, 0.2) is 0 Å². The molecule has 1 atom stereocenters. The summed E-state index contributed by atoms with van der Waals surface area (Å²) in [7, 11) is 0. The summed E-state index contributed by atoms with van der Waals surface area (Å²) in [5.41, 5.74) is 0.467. The van der Waals surface area contributed by atoms with Crippen molar-refractivity contribution in [3.8, 4) is 0 Å². The van der Waals surface area contributed by atoms with E-state index < -0.39 is 0 Å². The lowest BCUT2D eigenvalue weighted by Crippen LogP contribution is -2.39. The molecule has 1 fully saturated rings. The fourth-order valence-corrected chi connectivity index (χ4v) is 3.36. The third-order valence-corrected chi connectivity index (χ3v) is 4.56. The van der Waals surface area contributed by atoms with Crippen LogP contribution < -0.4 is 5.32 Å². The fourth-order valence-electron chi connectivity index (χ4n) is 3.36. The van der Waals surface area contributed by atoms with Gasteiger partial charge in [0.05, 0.1) is 6.04 Å². The molecule has 2 heterocycles. The Labute approximate surface area is 124 Å². The Morgan fingerprint density at radius 2 is 2.00 bits per heavy atom. The molecule has 3 rings (SSSR count). The zero-order valence-corrected chi connectivity index (χ0v) is 12.6. The molecule has 2 aliphatic rings. The lowest BCUT2D eigenvalue weighted by atomic mass is 10.2. The van der Waals surface area contributed by atoms with Crippen molar-refractivity contribution in [3.05, 3.63) is 17.7 Å². The molecule has 6 nitrogen and oxygen atoms in total. The molecule has 114 valence electrons. The third kappa shape index (κ3) is 2.66. The van der Waals surface area contributed by atoms with Gasteiger partial charge in [-0.2, -0.15) is 0 Å². The number of nitrogens with zero attached hydrogens (tertiary/aromatic N) is 3. The number of hydrogen-bond acceptors (Lipinski definition) is 3. The number of carbonyl (C=O) groups excluding carboxylic acids is 2. The van der Waals surface area contributed by atoms with Crippen molar-refractivity contribution in [3.63, 3.8) is 0 Å². The third-order valence-electron chi connectivity index (χ3n) is 4.56. The number of rotatable bonds is 2. The van der Waals surface area contributed by atoms with Crippen LogP contribution in [0.3, 0.4) is 0 Å². The van der Waals surface area contributed by atoms with Gasteiger partial charge in [0.25, 0.3) is 5.91 Å². The minimum absolute atomic E-state index is 0.0497. The van der Waals surface area contributed by atoms with Crippen LogP contribution in [0.2, 0.25) is 0 Å². The number of nitrogens with one attached hydrogen (secondary N) is 1.